The summed E-state index contributed by atoms with van der Waals surface area (Å²) < 4.78 is 6.69. The van der Waals surface area contributed by atoms with Crippen molar-refractivity contribution in [3.05, 3.63) is 58.6 Å². The maximum Gasteiger partial charge on any atom is 0.203 e. The molecule has 0 amide bonds. The van der Waals surface area contributed by atoms with Crippen molar-refractivity contribution in [1.82, 2.24) is 0 Å². The number of nitrogens with two attached hydrogens (primary N) is 1. The number of hydrogen-bond acceptors (Lipinski definition) is 3. The summed E-state index contributed by atoms with van der Waals surface area (Å²) >= 11 is 3.35. The van der Waals surface area contributed by atoms with E-state index in [1.54, 1.807) is 24.3 Å². The molecule has 0 fully saturated rings. The van der Waals surface area contributed by atoms with Gasteiger partial charge in [-0.05, 0) is 30.7 Å². The monoisotopic (exact) mass is 333 g/mol. The highest BCUT2D eigenvalue weighted by atomic mass is 79.9. The summed E-state index contributed by atoms with van der Waals surface area (Å²) in [5.41, 5.74) is 7.01. The highest BCUT2D eigenvalue weighted by Crippen LogP contribution is 2.23. The summed E-state index contributed by atoms with van der Waals surface area (Å²) in [6.45, 7) is 1.92. The molecule has 4 heteroatoms. The number of hydrogen-bond donors (Lipinski definition) is 1. The minimum absolute atomic E-state index is 0.0387. The number of halogens is 1. The lowest BCUT2D eigenvalue weighted by molar-refractivity contribution is 0.0788. The van der Waals surface area contributed by atoms with Crippen molar-refractivity contribution in [2.45, 2.75) is 19.4 Å². The van der Waals surface area contributed by atoms with Crippen LogP contribution in [-0.4, -0.2) is 11.9 Å². The van der Waals surface area contributed by atoms with Crippen molar-refractivity contribution in [3.8, 4) is 5.75 Å². The summed E-state index contributed by atoms with van der Waals surface area (Å²) in [6, 6.07) is 14.5. The molecule has 0 aliphatic carbocycles. The topological polar surface area (TPSA) is 52.3 Å². The molecular weight excluding hydrogens is 318 g/mol. The highest BCUT2D eigenvalue weighted by molar-refractivity contribution is 9.10. The smallest absolute Gasteiger partial charge is 0.203 e. The number of ketones is 1. The average molecular weight is 334 g/mol. The number of Topliss-reactive ketones (excluding diaryl/α,β-unsaturated/α-hetero) is 1. The van der Waals surface area contributed by atoms with Crippen molar-refractivity contribution in [1.29, 1.82) is 0 Å². The minimum atomic E-state index is -0.527. The fourth-order valence-corrected chi connectivity index (χ4v) is 2.13. The average Bonchev–Trinajstić information content (AvgIpc) is 2.46. The molecule has 0 saturated carbocycles. The third kappa shape index (κ3) is 3.39. The van der Waals surface area contributed by atoms with Gasteiger partial charge in [-0.15, -0.1) is 0 Å². The van der Waals surface area contributed by atoms with Crippen molar-refractivity contribution < 1.29 is 9.53 Å². The van der Waals surface area contributed by atoms with Crippen LogP contribution >= 0.6 is 15.9 Å². The number of para-hydroxylation sites is 2. The second-order valence-corrected chi connectivity index (χ2v) is 5.34. The van der Waals surface area contributed by atoms with Crippen LogP contribution in [0.4, 0.5) is 5.69 Å². The van der Waals surface area contributed by atoms with Crippen LogP contribution in [0.2, 0.25) is 0 Å². The van der Waals surface area contributed by atoms with Crippen LogP contribution in [0, 0.1) is 0 Å². The van der Waals surface area contributed by atoms with Crippen molar-refractivity contribution >= 4 is 27.4 Å². The minimum Gasteiger partial charge on any atom is -0.480 e. The van der Waals surface area contributed by atoms with Crippen molar-refractivity contribution in [2.75, 3.05) is 5.73 Å². The fourth-order valence-electron chi connectivity index (χ4n) is 1.86. The standard InChI is InChI=1S/C16H16BrNO2/c1-2-14(20-15-6-4-3-5-13(15)18)16(19)11-7-9-12(17)10-8-11/h3-10,14H,2,18H2,1H3. The Morgan fingerprint density at radius 3 is 2.45 bits per heavy atom. The molecule has 0 spiro atoms. The van der Waals surface area contributed by atoms with Crippen LogP contribution in [0.1, 0.15) is 23.7 Å². The van der Waals surface area contributed by atoms with Gasteiger partial charge in [0.25, 0.3) is 0 Å². The van der Waals surface area contributed by atoms with Gasteiger partial charge in [-0.1, -0.05) is 47.1 Å². The Morgan fingerprint density at radius 2 is 1.85 bits per heavy atom. The van der Waals surface area contributed by atoms with E-state index < -0.39 is 6.10 Å². The van der Waals surface area contributed by atoms with E-state index in [-0.39, 0.29) is 5.78 Å². The summed E-state index contributed by atoms with van der Waals surface area (Å²) in [6.07, 6.45) is 0.0596. The molecular formula is C16H16BrNO2. The van der Waals surface area contributed by atoms with Crippen LogP contribution in [0.15, 0.2) is 53.0 Å². The number of ether oxygens (including phenoxy) is 1. The van der Waals surface area contributed by atoms with Gasteiger partial charge in [0, 0.05) is 10.0 Å². The molecule has 2 N–H and O–H groups in total. The maximum atomic E-state index is 12.4. The lowest BCUT2D eigenvalue weighted by Gasteiger charge is -2.17. The second-order valence-electron chi connectivity index (χ2n) is 4.42. The third-order valence-electron chi connectivity index (χ3n) is 2.98. The molecule has 0 aliphatic heterocycles. The number of benzene rings is 2. The normalized spacial score (nSPS) is 11.9. The molecule has 0 radical (unpaired) electrons. The number of carbonyl (C=O) groups excluding carboxylic acids is 1. The number of nitrogen functional groups attached to an aromatic ring is 1. The quantitative estimate of drug-likeness (QED) is 0.662. The fraction of sp³-hybridized carbons (Fsp3) is 0.188. The predicted molar refractivity (Wildman–Crippen MR) is 84.0 cm³/mol. The van der Waals surface area contributed by atoms with E-state index in [0.29, 0.717) is 23.4 Å². The van der Waals surface area contributed by atoms with E-state index in [1.165, 1.54) is 0 Å². The molecule has 2 aromatic carbocycles. The molecule has 0 heterocycles. The zero-order chi connectivity index (χ0) is 14.5. The first-order chi connectivity index (χ1) is 9.61. The van der Waals surface area contributed by atoms with Gasteiger partial charge in [0.1, 0.15) is 5.75 Å². The zero-order valence-corrected chi connectivity index (χ0v) is 12.8. The SMILES string of the molecule is CCC(Oc1ccccc1N)C(=O)c1ccc(Br)cc1. The Bertz CT molecular complexity index is 596. The van der Waals surface area contributed by atoms with Gasteiger partial charge in [-0.2, -0.15) is 0 Å². The second kappa shape index (κ2) is 6.57. The van der Waals surface area contributed by atoms with Gasteiger partial charge in [-0.3, -0.25) is 4.79 Å². The van der Waals surface area contributed by atoms with Crippen LogP contribution in [0.25, 0.3) is 0 Å². The molecule has 1 atom stereocenters. The summed E-state index contributed by atoms with van der Waals surface area (Å²) in [4.78, 5) is 12.4. The first kappa shape index (κ1) is 14.6. The molecule has 2 rings (SSSR count). The molecule has 0 bridgehead atoms. The number of carbonyl (C=O) groups is 1. The maximum absolute atomic E-state index is 12.4. The molecule has 20 heavy (non-hydrogen) atoms. The van der Waals surface area contributed by atoms with Crippen LogP contribution in [0.3, 0.4) is 0 Å². The van der Waals surface area contributed by atoms with Crippen molar-refractivity contribution in [3.63, 3.8) is 0 Å². The summed E-state index contributed by atoms with van der Waals surface area (Å²) in [7, 11) is 0. The van der Waals surface area contributed by atoms with Crippen LogP contribution in [-0.2, 0) is 0 Å². The molecule has 0 aromatic heterocycles. The first-order valence-corrected chi connectivity index (χ1v) is 7.22. The largest absolute Gasteiger partial charge is 0.480 e. The van der Waals surface area contributed by atoms with Crippen LogP contribution < -0.4 is 10.5 Å². The Kier molecular flexibility index (Phi) is 4.79. The predicted octanol–water partition coefficient (Wildman–Crippen LogP) is 4.07. The van der Waals surface area contributed by atoms with E-state index in [0.717, 1.165) is 4.47 Å². The van der Waals surface area contributed by atoms with E-state index in [2.05, 4.69) is 15.9 Å². The number of anilines is 1. The van der Waals surface area contributed by atoms with Gasteiger partial charge in [-0.25, -0.2) is 0 Å². The number of rotatable bonds is 5. The lowest BCUT2D eigenvalue weighted by Crippen LogP contribution is -2.27. The Hall–Kier alpha value is -1.81. The van der Waals surface area contributed by atoms with Gasteiger partial charge in [0.2, 0.25) is 5.78 Å². The third-order valence-corrected chi connectivity index (χ3v) is 3.51. The molecule has 104 valence electrons. The Labute approximate surface area is 126 Å². The van der Waals surface area contributed by atoms with E-state index >= 15 is 0 Å². The molecule has 3 nitrogen and oxygen atoms in total. The van der Waals surface area contributed by atoms with Gasteiger partial charge in [0.15, 0.2) is 6.10 Å². The van der Waals surface area contributed by atoms with E-state index in [9.17, 15) is 4.79 Å². The lowest BCUT2D eigenvalue weighted by atomic mass is 10.0. The van der Waals surface area contributed by atoms with Gasteiger partial charge < -0.3 is 10.5 Å². The Balaban J connectivity index is 2.18. The molecule has 2 aromatic rings. The van der Waals surface area contributed by atoms with Crippen molar-refractivity contribution in [2.24, 2.45) is 0 Å². The summed E-state index contributed by atoms with van der Waals surface area (Å²) in [5.74, 6) is 0.507. The van der Waals surface area contributed by atoms with Crippen LogP contribution in [0.5, 0.6) is 5.75 Å². The van der Waals surface area contributed by atoms with E-state index in [4.69, 9.17) is 10.5 Å². The van der Waals surface area contributed by atoms with E-state index in [1.807, 2.05) is 31.2 Å². The first-order valence-electron chi connectivity index (χ1n) is 6.42. The Morgan fingerprint density at radius 1 is 1.20 bits per heavy atom. The molecule has 1 unspecified atom stereocenters. The van der Waals surface area contributed by atoms with Gasteiger partial charge >= 0.3 is 0 Å². The summed E-state index contributed by atoms with van der Waals surface area (Å²) in [5, 5.41) is 0. The van der Waals surface area contributed by atoms with Gasteiger partial charge in [0.05, 0.1) is 5.69 Å². The zero-order valence-electron chi connectivity index (χ0n) is 11.2. The molecule has 0 aliphatic rings. The molecule has 0 saturated heterocycles. The highest BCUT2D eigenvalue weighted by Gasteiger charge is 2.20.